The van der Waals surface area contributed by atoms with Gasteiger partial charge in [0.05, 0.1) is 0 Å². The van der Waals surface area contributed by atoms with Crippen molar-refractivity contribution in [2.45, 2.75) is 79.1 Å². The summed E-state index contributed by atoms with van der Waals surface area (Å²) in [6.07, 6.45) is 10.2. The Bertz CT molecular complexity index is 312. The molecule has 0 aromatic heterocycles. The van der Waals surface area contributed by atoms with Crippen molar-refractivity contribution in [3.8, 4) is 0 Å². The minimum atomic E-state index is -0.0834. The van der Waals surface area contributed by atoms with Crippen LogP contribution in [0.4, 0.5) is 0 Å². The van der Waals surface area contributed by atoms with Crippen molar-refractivity contribution in [1.82, 2.24) is 0 Å². The predicted molar refractivity (Wildman–Crippen MR) is 81.0 cm³/mol. The van der Waals surface area contributed by atoms with E-state index in [9.17, 15) is 4.79 Å². The summed E-state index contributed by atoms with van der Waals surface area (Å²) in [6.45, 7) is 9.10. The van der Waals surface area contributed by atoms with Gasteiger partial charge in [-0.1, -0.05) is 53.4 Å². The third kappa shape index (κ3) is 3.23. The second-order valence-corrected chi connectivity index (χ2v) is 7.92. The Morgan fingerprint density at radius 2 is 1.58 bits per heavy atom. The Kier molecular flexibility index (Phi) is 4.74. The summed E-state index contributed by atoms with van der Waals surface area (Å²) < 4.78 is 0. The Hall–Kier alpha value is -0.330. The van der Waals surface area contributed by atoms with Crippen LogP contribution >= 0.6 is 0 Å². The van der Waals surface area contributed by atoms with Crippen LogP contribution in [0.2, 0.25) is 0 Å². The molecule has 2 aliphatic carbocycles. The second-order valence-electron chi connectivity index (χ2n) is 7.92. The Balaban J connectivity index is 2.04. The molecule has 3 atom stereocenters. The van der Waals surface area contributed by atoms with Crippen molar-refractivity contribution in [2.24, 2.45) is 29.1 Å². The highest BCUT2D eigenvalue weighted by molar-refractivity contribution is 5.87. The number of carbonyl (C=O) groups is 1. The molecule has 2 fully saturated rings. The highest BCUT2D eigenvalue weighted by Crippen LogP contribution is 2.44. The van der Waals surface area contributed by atoms with Crippen molar-refractivity contribution >= 4 is 5.78 Å². The van der Waals surface area contributed by atoms with Gasteiger partial charge in [0.2, 0.25) is 0 Å². The molecule has 2 aliphatic rings. The molecule has 0 aromatic carbocycles. The molecule has 0 spiro atoms. The monoisotopic (exact) mass is 264 g/mol. The fourth-order valence-electron chi connectivity index (χ4n) is 4.56. The number of hydrogen-bond acceptors (Lipinski definition) is 1. The Morgan fingerprint density at radius 3 is 2.16 bits per heavy atom. The van der Waals surface area contributed by atoms with Gasteiger partial charge in [-0.25, -0.2) is 0 Å². The minimum absolute atomic E-state index is 0.0834. The van der Waals surface area contributed by atoms with E-state index in [1.807, 2.05) is 0 Å². The van der Waals surface area contributed by atoms with Crippen LogP contribution in [-0.2, 0) is 4.79 Å². The molecular weight excluding hydrogens is 232 g/mol. The molecule has 0 amide bonds. The first kappa shape index (κ1) is 15.1. The lowest BCUT2D eigenvalue weighted by molar-refractivity contribution is -0.138. The van der Waals surface area contributed by atoms with Gasteiger partial charge in [-0.15, -0.1) is 0 Å². The highest BCUT2D eigenvalue weighted by Gasteiger charge is 2.42. The van der Waals surface area contributed by atoms with Gasteiger partial charge >= 0.3 is 0 Å². The van der Waals surface area contributed by atoms with Crippen molar-refractivity contribution in [3.05, 3.63) is 0 Å². The fraction of sp³-hybridized carbons (Fsp3) is 0.944. The van der Waals surface area contributed by atoms with E-state index in [1.165, 1.54) is 44.9 Å². The largest absolute Gasteiger partial charge is 0.299 e. The van der Waals surface area contributed by atoms with Gasteiger partial charge in [0.15, 0.2) is 0 Å². The molecule has 0 aliphatic heterocycles. The van der Waals surface area contributed by atoms with Gasteiger partial charge in [0.1, 0.15) is 5.78 Å². The highest BCUT2D eigenvalue weighted by atomic mass is 16.1. The molecule has 0 saturated heterocycles. The van der Waals surface area contributed by atoms with Gasteiger partial charge in [-0.3, -0.25) is 4.79 Å². The van der Waals surface area contributed by atoms with Crippen LogP contribution in [0.25, 0.3) is 0 Å². The summed E-state index contributed by atoms with van der Waals surface area (Å²) in [4.78, 5) is 13.0. The zero-order valence-corrected chi connectivity index (χ0v) is 13.4. The first-order valence-corrected chi connectivity index (χ1v) is 8.47. The maximum absolute atomic E-state index is 13.0. The Labute approximate surface area is 119 Å². The maximum atomic E-state index is 13.0. The number of hydrogen-bond donors (Lipinski definition) is 0. The standard InChI is InChI=1S/C18H32O/c1-13-10-11-16(14(2)12-13)17(19)18(3,4)15-8-6-5-7-9-15/h13-16H,5-12H2,1-4H3. The lowest BCUT2D eigenvalue weighted by atomic mass is 9.62. The number of rotatable bonds is 3. The van der Waals surface area contributed by atoms with Crippen molar-refractivity contribution in [2.75, 3.05) is 0 Å². The SMILES string of the molecule is CC1CCC(C(=O)C(C)(C)C2CCCCC2)C(C)C1. The van der Waals surface area contributed by atoms with Crippen LogP contribution in [0.1, 0.15) is 79.1 Å². The predicted octanol–water partition coefficient (Wildman–Crippen LogP) is 5.23. The van der Waals surface area contributed by atoms with E-state index in [-0.39, 0.29) is 5.41 Å². The average molecular weight is 264 g/mol. The van der Waals surface area contributed by atoms with Gasteiger partial charge in [-0.05, 0) is 43.4 Å². The van der Waals surface area contributed by atoms with E-state index in [0.29, 0.717) is 23.5 Å². The summed E-state index contributed by atoms with van der Waals surface area (Å²) in [5.41, 5.74) is -0.0834. The summed E-state index contributed by atoms with van der Waals surface area (Å²) in [5, 5.41) is 0. The molecule has 2 saturated carbocycles. The molecule has 3 unspecified atom stereocenters. The number of Topliss-reactive ketones (excluding diaryl/α,β-unsaturated/α-hetero) is 1. The van der Waals surface area contributed by atoms with E-state index in [1.54, 1.807) is 0 Å². The fourth-order valence-corrected chi connectivity index (χ4v) is 4.56. The van der Waals surface area contributed by atoms with Crippen LogP contribution in [0.3, 0.4) is 0 Å². The zero-order chi connectivity index (χ0) is 14.0. The summed E-state index contributed by atoms with van der Waals surface area (Å²) in [5.74, 6) is 2.98. The first-order valence-electron chi connectivity index (χ1n) is 8.47. The van der Waals surface area contributed by atoms with Gasteiger partial charge in [-0.2, -0.15) is 0 Å². The molecule has 0 heterocycles. The maximum Gasteiger partial charge on any atom is 0.142 e. The molecule has 1 heteroatoms. The lowest BCUT2D eigenvalue weighted by Crippen LogP contribution is -2.42. The third-order valence-electron chi connectivity index (χ3n) is 6.03. The summed E-state index contributed by atoms with van der Waals surface area (Å²) in [6, 6.07) is 0. The second kappa shape index (κ2) is 5.97. The quantitative estimate of drug-likeness (QED) is 0.681. The average Bonchev–Trinajstić information content (AvgIpc) is 2.39. The van der Waals surface area contributed by atoms with E-state index in [4.69, 9.17) is 0 Å². The summed E-state index contributed by atoms with van der Waals surface area (Å²) in [7, 11) is 0. The molecule has 0 aromatic rings. The van der Waals surface area contributed by atoms with Crippen LogP contribution in [0, 0.1) is 29.1 Å². The molecule has 2 rings (SSSR count). The van der Waals surface area contributed by atoms with Gasteiger partial charge < -0.3 is 0 Å². The number of ketones is 1. The van der Waals surface area contributed by atoms with Crippen LogP contribution in [-0.4, -0.2) is 5.78 Å². The molecular formula is C18H32O. The van der Waals surface area contributed by atoms with Crippen molar-refractivity contribution < 1.29 is 4.79 Å². The molecule has 110 valence electrons. The third-order valence-corrected chi connectivity index (χ3v) is 6.03. The summed E-state index contributed by atoms with van der Waals surface area (Å²) >= 11 is 0. The number of carbonyl (C=O) groups excluding carboxylic acids is 1. The zero-order valence-electron chi connectivity index (χ0n) is 13.4. The van der Waals surface area contributed by atoms with E-state index in [2.05, 4.69) is 27.7 Å². The Morgan fingerprint density at radius 1 is 0.947 bits per heavy atom. The smallest absolute Gasteiger partial charge is 0.142 e. The van der Waals surface area contributed by atoms with Crippen molar-refractivity contribution in [3.63, 3.8) is 0 Å². The van der Waals surface area contributed by atoms with Crippen molar-refractivity contribution in [1.29, 1.82) is 0 Å². The van der Waals surface area contributed by atoms with E-state index >= 15 is 0 Å². The first-order chi connectivity index (χ1) is 8.93. The van der Waals surface area contributed by atoms with Gasteiger partial charge in [0.25, 0.3) is 0 Å². The normalized spacial score (nSPS) is 34.2. The van der Waals surface area contributed by atoms with Crippen LogP contribution < -0.4 is 0 Å². The molecule has 0 N–H and O–H groups in total. The molecule has 19 heavy (non-hydrogen) atoms. The minimum Gasteiger partial charge on any atom is -0.299 e. The van der Waals surface area contributed by atoms with E-state index < -0.39 is 0 Å². The van der Waals surface area contributed by atoms with Crippen LogP contribution in [0.5, 0.6) is 0 Å². The molecule has 1 nitrogen and oxygen atoms in total. The topological polar surface area (TPSA) is 17.1 Å². The van der Waals surface area contributed by atoms with E-state index in [0.717, 1.165) is 12.3 Å². The molecule has 0 radical (unpaired) electrons. The van der Waals surface area contributed by atoms with Crippen LogP contribution in [0.15, 0.2) is 0 Å². The molecule has 0 bridgehead atoms. The lowest BCUT2D eigenvalue weighted by Gasteiger charge is -2.41. The van der Waals surface area contributed by atoms with Gasteiger partial charge in [0, 0.05) is 11.3 Å².